The third kappa shape index (κ3) is 4.32. The fourth-order valence-electron chi connectivity index (χ4n) is 4.98. The van der Waals surface area contributed by atoms with Crippen LogP contribution in [0.4, 0.5) is 0 Å². The quantitative estimate of drug-likeness (QED) is 0.831. The Hall–Kier alpha value is -2.50. The van der Waals surface area contributed by atoms with E-state index in [1.807, 2.05) is 30.0 Å². The summed E-state index contributed by atoms with van der Waals surface area (Å²) in [6.45, 7) is 4.69. The van der Waals surface area contributed by atoms with Crippen LogP contribution < -0.4 is 0 Å². The molecule has 4 rings (SSSR count). The van der Waals surface area contributed by atoms with Gasteiger partial charge in [0.2, 0.25) is 5.91 Å². The van der Waals surface area contributed by atoms with Crippen molar-refractivity contribution < 1.29 is 9.90 Å². The largest absolute Gasteiger partial charge is 0.395 e. The maximum Gasteiger partial charge on any atom is 0.227 e. The summed E-state index contributed by atoms with van der Waals surface area (Å²) >= 11 is 0. The van der Waals surface area contributed by atoms with Gasteiger partial charge in [0.15, 0.2) is 0 Å². The number of hydrogen-bond donors (Lipinski definition) is 1. The molecule has 0 unspecified atom stereocenters. The van der Waals surface area contributed by atoms with Gasteiger partial charge in [0.1, 0.15) is 0 Å². The molecule has 5 heteroatoms. The molecule has 5 nitrogen and oxygen atoms in total. The molecule has 1 aromatic carbocycles. The van der Waals surface area contributed by atoms with Gasteiger partial charge in [-0.05, 0) is 49.1 Å². The van der Waals surface area contributed by atoms with Gasteiger partial charge in [-0.15, -0.1) is 0 Å². The predicted molar refractivity (Wildman–Crippen MR) is 119 cm³/mol. The first-order chi connectivity index (χ1) is 14.7. The van der Waals surface area contributed by atoms with E-state index in [9.17, 15) is 9.90 Å². The van der Waals surface area contributed by atoms with Crippen LogP contribution in [0, 0.1) is 0 Å². The molecule has 0 aliphatic carbocycles. The van der Waals surface area contributed by atoms with Crippen molar-refractivity contribution >= 4 is 12.0 Å². The fraction of sp³-hybridized carbons (Fsp3) is 0.440. The normalized spacial score (nSPS) is 24.7. The van der Waals surface area contributed by atoms with Crippen molar-refractivity contribution in [1.29, 1.82) is 0 Å². The number of pyridine rings is 1. The summed E-state index contributed by atoms with van der Waals surface area (Å²) in [6.07, 6.45) is 10.1. The molecule has 0 spiro atoms. The lowest BCUT2D eigenvalue weighted by molar-refractivity contribution is -0.135. The molecule has 2 aromatic rings. The number of aliphatic hydroxyl groups excluding tert-OH is 1. The lowest BCUT2D eigenvalue weighted by Crippen LogP contribution is -2.68. The monoisotopic (exact) mass is 405 g/mol. The molecule has 1 amide bonds. The van der Waals surface area contributed by atoms with Crippen molar-refractivity contribution in [3.63, 3.8) is 0 Å². The van der Waals surface area contributed by atoms with Crippen molar-refractivity contribution in [3.05, 3.63) is 71.6 Å². The summed E-state index contributed by atoms with van der Waals surface area (Å²) in [4.78, 5) is 21.6. The summed E-state index contributed by atoms with van der Waals surface area (Å²) in [6, 6.07) is 12.9. The van der Waals surface area contributed by atoms with Crippen molar-refractivity contribution in [1.82, 2.24) is 14.8 Å². The van der Waals surface area contributed by atoms with Crippen molar-refractivity contribution in [2.75, 3.05) is 26.2 Å². The Morgan fingerprint density at radius 1 is 1.20 bits per heavy atom. The first-order valence-electron chi connectivity index (χ1n) is 11.0. The topological polar surface area (TPSA) is 56.7 Å². The Kier molecular flexibility index (Phi) is 6.60. The molecule has 30 heavy (non-hydrogen) atoms. The number of aliphatic hydroxyl groups is 1. The molecule has 0 bridgehead atoms. The second kappa shape index (κ2) is 9.54. The van der Waals surface area contributed by atoms with Gasteiger partial charge in [0.05, 0.1) is 13.0 Å². The third-order valence-corrected chi connectivity index (χ3v) is 6.48. The summed E-state index contributed by atoms with van der Waals surface area (Å²) < 4.78 is 0. The molecule has 0 radical (unpaired) electrons. The average Bonchev–Trinajstić information content (AvgIpc) is 2.74. The summed E-state index contributed by atoms with van der Waals surface area (Å²) in [7, 11) is 0. The van der Waals surface area contributed by atoms with Crippen LogP contribution in [-0.2, 0) is 11.2 Å². The summed E-state index contributed by atoms with van der Waals surface area (Å²) in [5, 5.41) is 10.1. The van der Waals surface area contributed by atoms with Crippen LogP contribution in [0.2, 0.25) is 0 Å². The average molecular weight is 406 g/mol. The van der Waals surface area contributed by atoms with Crippen LogP contribution >= 0.6 is 0 Å². The minimum atomic E-state index is 0.135. The number of hydrogen-bond acceptors (Lipinski definition) is 4. The first-order valence-corrected chi connectivity index (χ1v) is 11.0. The summed E-state index contributed by atoms with van der Waals surface area (Å²) in [5.41, 5.74) is 3.40. The van der Waals surface area contributed by atoms with Gasteiger partial charge < -0.3 is 10.0 Å². The van der Waals surface area contributed by atoms with Crippen LogP contribution in [-0.4, -0.2) is 64.1 Å². The second-order valence-corrected chi connectivity index (χ2v) is 8.33. The van der Waals surface area contributed by atoms with Gasteiger partial charge in [-0.2, -0.15) is 0 Å². The van der Waals surface area contributed by atoms with Crippen LogP contribution in [0.25, 0.3) is 6.08 Å². The van der Waals surface area contributed by atoms with Gasteiger partial charge in [0, 0.05) is 43.5 Å². The van der Waals surface area contributed by atoms with Gasteiger partial charge in [-0.1, -0.05) is 42.5 Å². The highest BCUT2D eigenvalue weighted by molar-refractivity contribution is 5.78. The Morgan fingerprint density at radius 3 is 2.70 bits per heavy atom. The van der Waals surface area contributed by atoms with E-state index < -0.39 is 0 Å². The van der Waals surface area contributed by atoms with Crippen LogP contribution in [0.15, 0.2) is 54.9 Å². The molecule has 3 atom stereocenters. The van der Waals surface area contributed by atoms with E-state index in [-0.39, 0.29) is 30.5 Å². The Balaban J connectivity index is 1.52. The van der Waals surface area contributed by atoms with Crippen LogP contribution in [0.1, 0.15) is 42.4 Å². The van der Waals surface area contributed by atoms with Crippen molar-refractivity contribution in [2.45, 2.75) is 44.2 Å². The Morgan fingerprint density at radius 2 is 2.00 bits per heavy atom. The maximum atomic E-state index is 13.0. The zero-order valence-corrected chi connectivity index (χ0v) is 17.7. The molecule has 2 fully saturated rings. The van der Waals surface area contributed by atoms with Gasteiger partial charge in [0.25, 0.3) is 0 Å². The Labute approximate surface area is 179 Å². The minimum absolute atomic E-state index is 0.135. The molecule has 0 saturated carbocycles. The lowest BCUT2D eigenvalue weighted by atomic mass is 9.74. The van der Waals surface area contributed by atoms with Gasteiger partial charge >= 0.3 is 0 Å². The predicted octanol–water partition coefficient (Wildman–Crippen LogP) is 3.11. The number of fused-ring (bicyclic) bond motifs is 1. The number of nitrogens with zero attached hydrogens (tertiary/aromatic N) is 3. The number of carbonyl (C=O) groups is 1. The molecule has 1 aromatic heterocycles. The molecule has 158 valence electrons. The van der Waals surface area contributed by atoms with Crippen molar-refractivity contribution in [2.24, 2.45) is 0 Å². The van der Waals surface area contributed by atoms with E-state index in [4.69, 9.17) is 0 Å². The molecule has 2 saturated heterocycles. The van der Waals surface area contributed by atoms with E-state index in [1.165, 1.54) is 11.1 Å². The van der Waals surface area contributed by atoms with E-state index in [0.717, 1.165) is 38.0 Å². The SMILES string of the molecule is C/C=C/c1ccc([C@H]2[C@H]3CN(C(=O)Cc4cccnc4)CCCCN3[C@H]2CO)cc1. The van der Waals surface area contributed by atoms with Crippen molar-refractivity contribution in [3.8, 4) is 0 Å². The third-order valence-electron chi connectivity index (χ3n) is 6.48. The van der Waals surface area contributed by atoms with E-state index in [2.05, 4.69) is 40.2 Å². The number of aromatic nitrogens is 1. The number of carbonyl (C=O) groups excluding carboxylic acids is 1. The second-order valence-electron chi connectivity index (χ2n) is 8.33. The molecule has 3 heterocycles. The zero-order chi connectivity index (χ0) is 20.9. The number of amides is 1. The van der Waals surface area contributed by atoms with Gasteiger partial charge in [-0.25, -0.2) is 0 Å². The van der Waals surface area contributed by atoms with E-state index in [0.29, 0.717) is 6.42 Å². The van der Waals surface area contributed by atoms with Crippen LogP contribution in [0.3, 0.4) is 0 Å². The highest BCUT2D eigenvalue weighted by Crippen LogP contribution is 2.42. The first kappa shape index (κ1) is 20.8. The number of rotatable bonds is 5. The molecule has 2 aliphatic rings. The zero-order valence-electron chi connectivity index (χ0n) is 17.7. The minimum Gasteiger partial charge on any atom is -0.395 e. The lowest BCUT2D eigenvalue weighted by Gasteiger charge is -2.57. The fourth-order valence-corrected chi connectivity index (χ4v) is 4.98. The van der Waals surface area contributed by atoms with Crippen LogP contribution in [0.5, 0.6) is 0 Å². The summed E-state index contributed by atoms with van der Waals surface area (Å²) in [5.74, 6) is 0.418. The van der Waals surface area contributed by atoms with Gasteiger partial charge in [-0.3, -0.25) is 14.7 Å². The van der Waals surface area contributed by atoms with E-state index in [1.54, 1.807) is 12.4 Å². The highest BCUT2D eigenvalue weighted by Gasteiger charge is 2.49. The molecular formula is C25H31N3O2. The number of benzene rings is 1. The molecule has 2 aliphatic heterocycles. The Bertz CT molecular complexity index is 866. The standard InChI is InChI=1S/C25H31N3O2/c1-2-6-19-8-10-21(11-9-19)25-22-17-27(13-3-4-14-28(22)23(25)18-29)24(30)15-20-7-5-12-26-16-20/h2,5-12,16,22-23,25,29H,3-4,13-15,17-18H2,1H3/b6-2+/t22-,23+,25+/m1/s1. The van der Waals surface area contributed by atoms with E-state index >= 15 is 0 Å². The maximum absolute atomic E-state index is 13.0. The highest BCUT2D eigenvalue weighted by atomic mass is 16.3. The smallest absolute Gasteiger partial charge is 0.227 e. The molecular weight excluding hydrogens is 374 g/mol. The number of allylic oxidation sites excluding steroid dienone is 1. The molecule has 1 N–H and O–H groups in total.